The number of primary amides is 1. The molecule has 0 saturated carbocycles. The molecule has 1 atom stereocenters. The minimum Gasteiger partial charge on any atom is -0.476 e. The molecule has 0 radical (unpaired) electrons. The summed E-state index contributed by atoms with van der Waals surface area (Å²) >= 11 is 0. The minimum atomic E-state index is -5.16. The zero-order valence-electron chi connectivity index (χ0n) is 15.2. The molecule has 0 spiro atoms. The third kappa shape index (κ3) is 4.33. The highest BCUT2D eigenvalue weighted by atomic mass is 32.2. The lowest BCUT2D eigenvalue weighted by molar-refractivity contribution is -0.140. The first-order chi connectivity index (χ1) is 14.3. The molecule has 0 bridgehead atoms. The number of halogens is 4. The van der Waals surface area contributed by atoms with E-state index in [1.165, 1.54) is 6.07 Å². The highest BCUT2D eigenvalue weighted by Crippen LogP contribution is 2.40. The molecule has 0 aliphatic carbocycles. The van der Waals surface area contributed by atoms with E-state index in [1.807, 2.05) is 5.32 Å². The van der Waals surface area contributed by atoms with Gasteiger partial charge in [0, 0.05) is 5.69 Å². The molecule has 2 aromatic rings. The van der Waals surface area contributed by atoms with Crippen LogP contribution in [0.25, 0.3) is 0 Å². The van der Waals surface area contributed by atoms with Crippen LogP contribution >= 0.6 is 0 Å². The van der Waals surface area contributed by atoms with Crippen molar-refractivity contribution in [2.75, 3.05) is 16.2 Å². The molecule has 1 heterocycles. The average molecular weight is 463 g/mol. The summed E-state index contributed by atoms with van der Waals surface area (Å²) in [5.74, 6) is -2.90. The number of amides is 2. The number of anilines is 2. The molecule has 166 valence electrons. The fourth-order valence-electron chi connectivity index (χ4n) is 2.84. The number of hydrogen-bond acceptors (Lipinski definition) is 5. The van der Waals surface area contributed by atoms with Crippen LogP contribution in [0, 0.1) is 5.82 Å². The highest BCUT2D eigenvalue weighted by molar-refractivity contribution is 7.92. The number of nitrogens with one attached hydrogen (secondary N) is 1. The quantitative estimate of drug-likeness (QED) is 0.595. The number of nitrogens with zero attached hydrogens (tertiary/aromatic N) is 1. The van der Waals surface area contributed by atoms with Gasteiger partial charge in [-0.25, -0.2) is 17.6 Å². The van der Waals surface area contributed by atoms with Gasteiger partial charge in [-0.3, -0.25) is 14.4 Å². The maximum absolute atomic E-state index is 13.6. The molecule has 31 heavy (non-hydrogen) atoms. The lowest BCUT2D eigenvalue weighted by atomic mass is 10.2. The third-order valence-corrected chi connectivity index (χ3v) is 6.00. The number of rotatable bonds is 4. The molecule has 14 heteroatoms. The lowest BCUT2D eigenvalue weighted by Crippen LogP contribution is -2.49. The van der Waals surface area contributed by atoms with Crippen molar-refractivity contribution in [1.29, 1.82) is 0 Å². The lowest BCUT2D eigenvalue weighted by Gasteiger charge is -2.34. The van der Waals surface area contributed by atoms with Crippen LogP contribution in [0.1, 0.15) is 5.56 Å². The van der Waals surface area contributed by atoms with E-state index < -0.39 is 57.1 Å². The molecule has 4 N–H and O–H groups in total. The molecular formula is C17H13F4N3O6S. The number of alkyl halides is 3. The Balaban J connectivity index is 2.16. The SMILES string of the molecule is NC(=O)C1CN(S(=O)(=O)c2ccc(F)c(C(F)(F)F)c2)c2cc(NC(=O)O)ccc2O1. The summed E-state index contributed by atoms with van der Waals surface area (Å²) in [5.41, 5.74) is 3.05. The van der Waals surface area contributed by atoms with Crippen molar-refractivity contribution in [3.8, 4) is 5.75 Å². The fraction of sp³-hybridized carbons (Fsp3) is 0.176. The van der Waals surface area contributed by atoms with Gasteiger partial charge in [0.15, 0.2) is 6.10 Å². The van der Waals surface area contributed by atoms with E-state index in [2.05, 4.69) is 0 Å². The second kappa shape index (κ2) is 7.61. The predicted molar refractivity (Wildman–Crippen MR) is 97.6 cm³/mol. The number of carbonyl (C=O) groups excluding carboxylic acids is 1. The van der Waals surface area contributed by atoms with Gasteiger partial charge in [0.25, 0.3) is 15.9 Å². The van der Waals surface area contributed by atoms with E-state index in [-0.39, 0.29) is 23.2 Å². The molecule has 1 aliphatic rings. The molecule has 3 rings (SSSR count). The van der Waals surface area contributed by atoms with Gasteiger partial charge in [0.2, 0.25) is 0 Å². The molecular weight excluding hydrogens is 450 g/mol. The summed E-state index contributed by atoms with van der Waals surface area (Å²) in [5, 5.41) is 10.8. The second-order valence-electron chi connectivity index (χ2n) is 6.30. The molecule has 2 amide bonds. The van der Waals surface area contributed by atoms with Gasteiger partial charge in [-0.2, -0.15) is 13.2 Å². The van der Waals surface area contributed by atoms with Crippen LogP contribution in [0.2, 0.25) is 0 Å². The topological polar surface area (TPSA) is 139 Å². The van der Waals surface area contributed by atoms with E-state index >= 15 is 0 Å². The number of hydrogen-bond donors (Lipinski definition) is 3. The minimum absolute atomic E-state index is 0.0809. The van der Waals surface area contributed by atoms with Crippen molar-refractivity contribution in [2.24, 2.45) is 5.73 Å². The zero-order valence-corrected chi connectivity index (χ0v) is 16.0. The summed E-state index contributed by atoms with van der Waals surface area (Å²) < 4.78 is 84.9. The average Bonchev–Trinajstić information content (AvgIpc) is 2.65. The van der Waals surface area contributed by atoms with Crippen LogP contribution in [0.3, 0.4) is 0 Å². The van der Waals surface area contributed by atoms with Gasteiger partial charge in [0.05, 0.1) is 22.7 Å². The highest BCUT2D eigenvalue weighted by Gasteiger charge is 2.40. The summed E-state index contributed by atoms with van der Waals surface area (Å²) in [7, 11) is -4.78. The predicted octanol–water partition coefficient (Wildman–Crippen LogP) is 2.38. The maximum Gasteiger partial charge on any atom is 0.419 e. The van der Waals surface area contributed by atoms with Gasteiger partial charge in [-0.05, 0) is 36.4 Å². The van der Waals surface area contributed by atoms with Crippen molar-refractivity contribution in [3.63, 3.8) is 0 Å². The monoisotopic (exact) mass is 463 g/mol. The second-order valence-corrected chi connectivity index (χ2v) is 8.16. The number of fused-ring (bicyclic) bond motifs is 1. The molecule has 1 aliphatic heterocycles. The number of carbonyl (C=O) groups is 2. The van der Waals surface area contributed by atoms with Crippen LogP contribution in [-0.4, -0.2) is 38.2 Å². The van der Waals surface area contributed by atoms with Crippen molar-refractivity contribution in [2.45, 2.75) is 17.2 Å². The molecule has 2 aromatic carbocycles. The fourth-order valence-corrected chi connectivity index (χ4v) is 4.33. The Kier molecular flexibility index (Phi) is 5.43. The van der Waals surface area contributed by atoms with Crippen molar-refractivity contribution in [3.05, 3.63) is 47.8 Å². The number of carboxylic acid groups (broad SMARTS) is 1. The molecule has 0 fully saturated rings. The Bertz CT molecular complexity index is 1170. The van der Waals surface area contributed by atoms with E-state index in [4.69, 9.17) is 15.6 Å². The Morgan fingerprint density at radius 2 is 1.87 bits per heavy atom. The van der Waals surface area contributed by atoms with Gasteiger partial charge < -0.3 is 15.6 Å². The Labute approximate surface area is 172 Å². The largest absolute Gasteiger partial charge is 0.476 e. The normalized spacial score (nSPS) is 16.3. The van der Waals surface area contributed by atoms with E-state index in [9.17, 15) is 35.6 Å². The van der Waals surface area contributed by atoms with Crippen LogP contribution in [0.4, 0.5) is 33.7 Å². The number of sulfonamides is 1. The van der Waals surface area contributed by atoms with Gasteiger partial charge in [-0.1, -0.05) is 0 Å². The molecule has 9 nitrogen and oxygen atoms in total. The zero-order chi connectivity index (χ0) is 23.1. The van der Waals surface area contributed by atoms with Crippen LogP contribution < -0.4 is 20.1 Å². The number of nitrogens with two attached hydrogens (primary N) is 1. The van der Waals surface area contributed by atoms with Crippen LogP contribution in [-0.2, 0) is 21.0 Å². The van der Waals surface area contributed by atoms with Gasteiger partial charge in [-0.15, -0.1) is 0 Å². The summed E-state index contributed by atoms with van der Waals surface area (Å²) in [6.07, 6.45) is -8.11. The van der Waals surface area contributed by atoms with E-state index in [0.29, 0.717) is 16.4 Å². The third-order valence-electron chi connectivity index (χ3n) is 4.23. The Morgan fingerprint density at radius 1 is 1.19 bits per heavy atom. The maximum atomic E-state index is 13.6. The van der Waals surface area contributed by atoms with Gasteiger partial charge in [0.1, 0.15) is 11.6 Å². The van der Waals surface area contributed by atoms with E-state index in [1.54, 1.807) is 0 Å². The van der Waals surface area contributed by atoms with Crippen LogP contribution in [0.15, 0.2) is 41.3 Å². The standard InChI is InChI=1S/C17H13F4N3O6S/c18-11-3-2-9(6-10(11)17(19,20)21)31(28,29)24-7-14(15(22)25)30-13-4-1-8(5-12(13)24)23-16(26)27/h1-6,14,23H,7H2,(H2,22,25)(H,26,27). The first kappa shape index (κ1) is 22.1. The van der Waals surface area contributed by atoms with Crippen molar-refractivity contribution >= 4 is 33.4 Å². The number of benzene rings is 2. The smallest absolute Gasteiger partial charge is 0.419 e. The van der Waals surface area contributed by atoms with Gasteiger partial charge >= 0.3 is 12.3 Å². The molecule has 1 unspecified atom stereocenters. The molecule has 0 aromatic heterocycles. The summed E-state index contributed by atoms with van der Waals surface area (Å²) in [6.45, 7) is -0.708. The molecule has 0 saturated heterocycles. The van der Waals surface area contributed by atoms with Crippen LogP contribution in [0.5, 0.6) is 5.75 Å². The summed E-state index contributed by atoms with van der Waals surface area (Å²) in [4.78, 5) is 21.6. The summed E-state index contributed by atoms with van der Waals surface area (Å²) in [6, 6.07) is 4.52. The Hall–Kier alpha value is -3.55. The van der Waals surface area contributed by atoms with E-state index in [0.717, 1.165) is 12.1 Å². The van der Waals surface area contributed by atoms with Crippen molar-refractivity contribution < 1.29 is 45.4 Å². The van der Waals surface area contributed by atoms with Crippen molar-refractivity contribution in [1.82, 2.24) is 0 Å². The first-order valence-electron chi connectivity index (χ1n) is 8.30. The number of ether oxygens (including phenoxy) is 1. The first-order valence-corrected chi connectivity index (χ1v) is 9.74. The Morgan fingerprint density at radius 3 is 2.45 bits per heavy atom.